The largest absolute Gasteiger partial charge is 0.485 e. The van der Waals surface area contributed by atoms with Crippen molar-refractivity contribution in [3.8, 4) is 23.3 Å². The second-order valence-corrected chi connectivity index (χ2v) is 19.7. The zero-order valence-electron chi connectivity index (χ0n) is 36.4. The van der Waals surface area contributed by atoms with Crippen LogP contribution in [0.2, 0.25) is 0 Å². The minimum Gasteiger partial charge on any atom is -0.485 e. The van der Waals surface area contributed by atoms with Crippen LogP contribution >= 0.6 is 18.9 Å². The molecule has 29 heteroatoms. The van der Waals surface area contributed by atoms with Gasteiger partial charge in [-0.15, -0.1) is 11.3 Å². The lowest BCUT2D eigenvalue weighted by Crippen LogP contribution is -2.29. The molecule has 0 bridgehead atoms. The average molecular weight is 1070 g/mol. The Hall–Kier alpha value is -7.70. The van der Waals surface area contributed by atoms with E-state index in [0.717, 1.165) is 18.2 Å². The van der Waals surface area contributed by atoms with Crippen molar-refractivity contribution >= 4 is 74.7 Å². The second kappa shape index (κ2) is 23.0. The maximum absolute atomic E-state index is 16.4. The minimum atomic E-state index is -5.19. The van der Waals surface area contributed by atoms with E-state index < -0.39 is 172 Å². The summed E-state index contributed by atoms with van der Waals surface area (Å²) in [6, 6.07) is 10.7. The fourth-order valence-electron chi connectivity index (χ4n) is 6.56. The van der Waals surface area contributed by atoms with Crippen molar-refractivity contribution in [2.75, 3.05) is 32.6 Å². The average Bonchev–Trinajstić information content (AvgIpc) is 3.76. The van der Waals surface area contributed by atoms with Crippen LogP contribution in [0.3, 0.4) is 0 Å². The van der Waals surface area contributed by atoms with E-state index in [4.69, 9.17) is 19.3 Å². The molecule has 21 nitrogen and oxygen atoms in total. The van der Waals surface area contributed by atoms with Crippen LogP contribution in [0.15, 0.2) is 64.9 Å². The summed E-state index contributed by atoms with van der Waals surface area (Å²) in [5.74, 6) is -12.6. The molecule has 2 amide bonds. The van der Waals surface area contributed by atoms with Gasteiger partial charge in [-0.05, 0) is 70.8 Å². The van der Waals surface area contributed by atoms with E-state index in [2.05, 4.69) is 10.6 Å². The minimum absolute atomic E-state index is 0.0197. The van der Waals surface area contributed by atoms with E-state index in [0.29, 0.717) is 12.1 Å². The van der Waals surface area contributed by atoms with Gasteiger partial charge in [-0.2, -0.15) is 23.2 Å². The van der Waals surface area contributed by atoms with Gasteiger partial charge in [0, 0.05) is 16.5 Å². The predicted octanol–water partition coefficient (Wildman–Crippen LogP) is 4.70. The Morgan fingerprint density at radius 3 is 1.62 bits per heavy atom. The van der Waals surface area contributed by atoms with Gasteiger partial charge in [0.2, 0.25) is 11.5 Å². The Balaban J connectivity index is 1.38. The summed E-state index contributed by atoms with van der Waals surface area (Å²) >= 11 is 0.0781. The predicted molar refractivity (Wildman–Crippen MR) is 237 cm³/mol. The lowest BCUT2D eigenvalue weighted by Gasteiger charge is -2.16. The van der Waals surface area contributed by atoms with Crippen LogP contribution < -0.4 is 29.4 Å². The van der Waals surface area contributed by atoms with Crippen molar-refractivity contribution in [3.63, 3.8) is 0 Å². The van der Waals surface area contributed by atoms with Gasteiger partial charge in [-0.1, -0.05) is 12.1 Å². The van der Waals surface area contributed by atoms with E-state index in [9.17, 15) is 80.2 Å². The van der Waals surface area contributed by atoms with E-state index >= 15 is 8.78 Å². The van der Waals surface area contributed by atoms with Gasteiger partial charge < -0.3 is 50.0 Å². The maximum Gasteiger partial charge on any atom is 0.417 e. The number of sulfonamides is 1. The van der Waals surface area contributed by atoms with Crippen LogP contribution in [0, 0.1) is 23.0 Å². The highest BCUT2D eigenvalue weighted by Gasteiger charge is 2.36. The van der Waals surface area contributed by atoms with Crippen LogP contribution in [0.5, 0.6) is 17.2 Å². The molecule has 0 fully saturated rings. The number of fused-ring (bicyclic) bond motifs is 1. The SMILES string of the molecule is N#Cc1ccc(OP(=O)(O)CNS(=O)(=O)c2cc3c(F)c(OCCNC(=O)c4ccc(CC(=O)O)c(CC(=O)O)c4)c(OCCNC(=O)c4ccc(CC(=O)O)c(CC(=O)O)c4)c(F)c3s2)cc1C(F)(F)F. The third kappa shape index (κ3) is 14.4. The maximum atomic E-state index is 16.4. The smallest absolute Gasteiger partial charge is 0.417 e. The summed E-state index contributed by atoms with van der Waals surface area (Å²) in [4.78, 5) is 81.6. The molecule has 0 aliphatic heterocycles. The van der Waals surface area contributed by atoms with Crippen LogP contribution in [-0.4, -0.2) is 102 Å². The highest BCUT2D eigenvalue weighted by molar-refractivity contribution is 7.92. The highest BCUT2D eigenvalue weighted by atomic mass is 32.2. The number of benzene rings is 4. The number of carbonyl (C=O) groups excluding carboxylic acids is 2. The molecule has 8 N–H and O–H groups in total. The first-order valence-electron chi connectivity index (χ1n) is 20.2. The van der Waals surface area contributed by atoms with Gasteiger partial charge in [-0.3, -0.25) is 28.8 Å². The number of carboxylic acid groups (broad SMARTS) is 4. The van der Waals surface area contributed by atoms with Crippen molar-refractivity contribution in [1.82, 2.24) is 15.4 Å². The molecule has 382 valence electrons. The number of nitrogens with one attached hydrogen (secondary N) is 3. The van der Waals surface area contributed by atoms with Crippen LogP contribution in [-0.2, 0) is 65.6 Å². The van der Waals surface area contributed by atoms with Crippen molar-refractivity contribution in [3.05, 3.63) is 117 Å². The molecule has 0 aliphatic rings. The number of nitriles is 1. The van der Waals surface area contributed by atoms with Crippen molar-refractivity contribution in [2.24, 2.45) is 0 Å². The van der Waals surface area contributed by atoms with Gasteiger partial charge in [0.15, 0.2) is 11.6 Å². The first-order chi connectivity index (χ1) is 33.7. The number of carboxylic acids is 4. The summed E-state index contributed by atoms with van der Waals surface area (Å²) in [6.45, 7) is -2.26. The second-order valence-electron chi connectivity index (χ2n) is 14.9. The molecule has 72 heavy (non-hydrogen) atoms. The van der Waals surface area contributed by atoms with Gasteiger partial charge in [0.25, 0.3) is 21.8 Å². The number of alkyl halides is 3. The lowest BCUT2D eigenvalue weighted by molar-refractivity contribution is -0.138. The summed E-state index contributed by atoms with van der Waals surface area (Å²) in [5.41, 5.74) is -2.33. The number of amides is 2. The molecule has 0 saturated carbocycles. The van der Waals surface area contributed by atoms with Crippen LogP contribution in [0.4, 0.5) is 22.0 Å². The highest BCUT2D eigenvalue weighted by Crippen LogP contribution is 2.46. The standard InChI is InChI=1S/C43H36F5N4O17PS2/c44-36-29-18-35(72(65,66)52-20-70(63,64)69-28-6-5-25(19-49)30(17-28)43(46,47)48)71-40(29)37(45)39(68-10-8-51-42(62)24-4-2-22(14-32(55)56)27(12-24)16-34(59)60)38(36)67-9-7-50-41(61)23-3-1-21(13-31(53)54)26(11-23)15-33(57)58/h1-6,11-12,17-18,52H,7-10,13-16,20H2,(H,50,61)(H,51,62)(H,53,54)(H,55,56)(H,57,58)(H,59,60)(H,63,64). The number of thiophene rings is 1. The molecule has 1 atom stereocenters. The third-order valence-corrected chi connectivity index (χ3v) is 14.0. The number of nitrogens with zero attached hydrogens (tertiary/aromatic N) is 1. The van der Waals surface area contributed by atoms with E-state index in [1.165, 1.54) is 30.3 Å². The molecule has 5 aromatic rings. The third-order valence-electron chi connectivity index (χ3n) is 9.71. The van der Waals surface area contributed by atoms with Crippen molar-refractivity contribution < 1.29 is 103 Å². The topological polar surface area (TPSA) is 342 Å². The number of rotatable bonds is 24. The van der Waals surface area contributed by atoms with Gasteiger partial charge in [-0.25, -0.2) is 21.8 Å². The van der Waals surface area contributed by atoms with Gasteiger partial charge in [0.05, 0.1) is 60.7 Å². The van der Waals surface area contributed by atoms with Crippen LogP contribution in [0.1, 0.15) is 54.1 Å². The Kier molecular flexibility index (Phi) is 17.7. The summed E-state index contributed by atoms with van der Waals surface area (Å²) in [7, 11) is -10.2. The summed E-state index contributed by atoms with van der Waals surface area (Å²) in [6.07, 6.45) is -8.94. The summed E-state index contributed by atoms with van der Waals surface area (Å²) < 4.78 is 128. The fourth-order valence-corrected chi connectivity index (χ4v) is 10.5. The van der Waals surface area contributed by atoms with E-state index in [-0.39, 0.29) is 50.8 Å². The molecule has 0 saturated heterocycles. The molecule has 1 unspecified atom stereocenters. The van der Waals surface area contributed by atoms with Gasteiger partial charge in [0.1, 0.15) is 29.5 Å². The number of aliphatic carboxylic acids is 4. The number of ether oxygens (including phenoxy) is 2. The monoisotopic (exact) mass is 1070 g/mol. The Morgan fingerprint density at radius 2 is 1.17 bits per heavy atom. The Bertz CT molecular complexity index is 3060. The zero-order chi connectivity index (χ0) is 53.3. The van der Waals surface area contributed by atoms with Gasteiger partial charge >= 0.3 is 37.6 Å². The molecule has 1 heterocycles. The van der Waals surface area contributed by atoms with Crippen molar-refractivity contribution in [2.45, 2.75) is 36.1 Å². The molecule has 4 aromatic carbocycles. The molecule has 0 aliphatic carbocycles. The van der Waals surface area contributed by atoms with E-state index in [1.54, 1.807) is 4.72 Å². The first-order valence-corrected chi connectivity index (χ1v) is 24.3. The molecule has 1 aromatic heterocycles. The summed E-state index contributed by atoms with van der Waals surface area (Å²) in [5, 5.41) is 49.9. The first kappa shape index (κ1) is 55.2. The quantitative estimate of drug-likeness (QED) is 0.0236. The number of halogens is 5. The lowest BCUT2D eigenvalue weighted by atomic mass is 9.98. The number of carbonyl (C=O) groups is 6. The van der Waals surface area contributed by atoms with Crippen LogP contribution in [0.25, 0.3) is 10.1 Å². The number of hydrogen-bond donors (Lipinski definition) is 8. The Labute approximate surface area is 406 Å². The fraction of sp³-hybridized carbons (Fsp3) is 0.233. The zero-order valence-corrected chi connectivity index (χ0v) is 38.9. The molecular formula is C43H36F5N4O17PS2. The molecule has 5 rings (SSSR count). The Morgan fingerprint density at radius 1 is 0.694 bits per heavy atom. The normalized spacial score (nSPS) is 12.3. The molecule has 0 spiro atoms. The molecule has 0 radical (unpaired) electrons. The number of hydrogen-bond acceptors (Lipinski definition) is 14. The van der Waals surface area contributed by atoms with E-state index in [1.807, 2.05) is 0 Å². The molecular weight excluding hydrogens is 1030 g/mol. The van der Waals surface area contributed by atoms with Crippen molar-refractivity contribution in [1.29, 1.82) is 5.26 Å².